The van der Waals surface area contributed by atoms with Gasteiger partial charge in [0.25, 0.3) is 0 Å². The van der Waals surface area contributed by atoms with Crippen molar-refractivity contribution >= 4 is 33.2 Å². The van der Waals surface area contributed by atoms with Crippen LogP contribution in [0.4, 0.5) is 10.1 Å². The van der Waals surface area contributed by atoms with E-state index in [1.807, 2.05) is 0 Å². The molecular weight excluding hydrogens is 383 g/mol. The quantitative estimate of drug-likeness (QED) is 0.758. The zero-order valence-corrected chi connectivity index (χ0v) is 15.4. The zero-order chi connectivity index (χ0) is 18.9. The topological polar surface area (TPSA) is 75.7 Å². The van der Waals surface area contributed by atoms with Crippen LogP contribution in [0.1, 0.15) is 5.56 Å². The van der Waals surface area contributed by atoms with E-state index in [1.54, 1.807) is 13.1 Å². The fourth-order valence-corrected chi connectivity index (χ4v) is 3.91. The highest BCUT2D eigenvalue weighted by molar-refractivity contribution is 7.89. The minimum absolute atomic E-state index is 0.00591. The Morgan fingerprint density at radius 1 is 1.27 bits per heavy atom. The summed E-state index contributed by atoms with van der Waals surface area (Å²) in [6.07, 6.45) is 0.182. The number of hydrogen-bond acceptors (Lipinski definition) is 4. The molecule has 0 fully saturated rings. The average Bonchev–Trinajstić information content (AvgIpc) is 2.87. The predicted octanol–water partition coefficient (Wildman–Crippen LogP) is 2.36. The molecular formula is C17H16ClFN2O4S. The van der Waals surface area contributed by atoms with Gasteiger partial charge in [-0.05, 0) is 42.0 Å². The molecule has 1 aliphatic rings. The van der Waals surface area contributed by atoms with Crippen molar-refractivity contribution in [2.45, 2.75) is 11.3 Å². The monoisotopic (exact) mass is 398 g/mol. The van der Waals surface area contributed by atoms with Gasteiger partial charge in [-0.15, -0.1) is 0 Å². The summed E-state index contributed by atoms with van der Waals surface area (Å²) in [5, 5.41) is 0.111. The van der Waals surface area contributed by atoms with Crippen LogP contribution in [0.5, 0.6) is 5.75 Å². The lowest BCUT2D eigenvalue weighted by Gasteiger charge is -2.12. The lowest BCUT2D eigenvalue weighted by molar-refractivity contribution is -0.117. The van der Waals surface area contributed by atoms with Crippen LogP contribution in [-0.2, 0) is 21.2 Å². The molecule has 0 bridgehead atoms. The van der Waals surface area contributed by atoms with Crippen molar-refractivity contribution in [2.75, 3.05) is 25.1 Å². The second-order valence-corrected chi connectivity index (χ2v) is 7.92. The smallest absolute Gasteiger partial charge is 0.240 e. The van der Waals surface area contributed by atoms with Crippen LogP contribution < -0.4 is 14.4 Å². The number of sulfonamides is 1. The largest absolute Gasteiger partial charge is 0.491 e. The Balaban J connectivity index is 1.61. The van der Waals surface area contributed by atoms with Gasteiger partial charge in [0.1, 0.15) is 18.2 Å². The second kappa shape index (κ2) is 7.22. The highest BCUT2D eigenvalue weighted by Gasteiger charge is 2.26. The third-order valence-corrected chi connectivity index (χ3v) is 5.74. The highest BCUT2D eigenvalue weighted by atomic mass is 35.5. The standard InChI is InChI=1S/C17H16ClFN2O4S/c1-21-15-4-3-13(8-11(15)9-17(21)22)26(23,24)20-6-7-25-16-5-2-12(19)10-14(16)18/h2-5,8,10,20H,6-7,9H2,1H3. The van der Waals surface area contributed by atoms with Gasteiger partial charge >= 0.3 is 0 Å². The average molecular weight is 399 g/mol. The molecule has 9 heteroatoms. The molecule has 1 amide bonds. The SMILES string of the molecule is CN1C(=O)Cc2cc(S(=O)(=O)NCCOc3ccc(F)cc3Cl)ccc21. The number of amides is 1. The number of rotatable bonds is 6. The van der Waals surface area contributed by atoms with Crippen molar-refractivity contribution in [1.29, 1.82) is 0 Å². The van der Waals surface area contributed by atoms with E-state index < -0.39 is 15.8 Å². The van der Waals surface area contributed by atoms with E-state index in [2.05, 4.69) is 4.72 Å². The number of carbonyl (C=O) groups is 1. The van der Waals surface area contributed by atoms with Crippen molar-refractivity contribution in [1.82, 2.24) is 4.72 Å². The van der Waals surface area contributed by atoms with Crippen molar-refractivity contribution in [3.05, 3.63) is 52.8 Å². The molecule has 0 unspecified atom stereocenters. The van der Waals surface area contributed by atoms with Crippen LogP contribution in [0.2, 0.25) is 5.02 Å². The van der Waals surface area contributed by atoms with E-state index in [-0.39, 0.29) is 41.1 Å². The number of benzene rings is 2. The number of anilines is 1. The molecule has 6 nitrogen and oxygen atoms in total. The molecule has 0 saturated heterocycles. The lowest BCUT2D eigenvalue weighted by Crippen LogP contribution is -2.28. The fourth-order valence-electron chi connectivity index (χ4n) is 2.63. The van der Waals surface area contributed by atoms with Gasteiger partial charge in [-0.2, -0.15) is 0 Å². The van der Waals surface area contributed by atoms with Gasteiger partial charge in [0.05, 0.1) is 16.3 Å². The van der Waals surface area contributed by atoms with Crippen LogP contribution in [0, 0.1) is 5.82 Å². The molecule has 2 aromatic carbocycles. The van der Waals surface area contributed by atoms with E-state index in [0.717, 1.165) is 6.07 Å². The van der Waals surface area contributed by atoms with E-state index in [4.69, 9.17) is 16.3 Å². The molecule has 2 aromatic rings. The van der Waals surface area contributed by atoms with Crippen LogP contribution >= 0.6 is 11.6 Å². The highest BCUT2D eigenvalue weighted by Crippen LogP contribution is 2.29. The summed E-state index contributed by atoms with van der Waals surface area (Å²) in [6, 6.07) is 8.26. The van der Waals surface area contributed by atoms with Gasteiger partial charge in [0, 0.05) is 19.3 Å². The van der Waals surface area contributed by atoms with Gasteiger partial charge < -0.3 is 9.64 Å². The van der Waals surface area contributed by atoms with Crippen molar-refractivity contribution < 1.29 is 22.3 Å². The molecule has 1 heterocycles. The Hall–Kier alpha value is -2.16. The molecule has 1 N–H and O–H groups in total. The molecule has 26 heavy (non-hydrogen) atoms. The maximum Gasteiger partial charge on any atom is 0.240 e. The summed E-state index contributed by atoms with van der Waals surface area (Å²) in [5.74, 6) is -0.290. The molecule has 0 atom stereocenters. The van der Waals surface area contributed by atoms with E-state index in [0.29, 0.717) is 11.3 Å². The van der Waals surface area contributed by atoms with Crippen molar-refractivity contribution in [2.24, 2.45) is 0 Å². The molecule has 3 rings (SSSR count). The Bertz CT molecular complexity index is 965. The summed E-state index contributed by atoms with van der Waals surface area (Å²) >= 11 is 5.84. The maximum absolute atomic E-state index is 13.0. The first-order valence-corrected chi connectivity index (χ1v) is 9.61. The number of carbonyl (C=O) groups excluding carboxylic acids is 1. The first-order valence-electron chi connectivity index (χ1n) is 7.75. The first kappa shape index (κ1) is 18.6. The second-order valence-electron chi connectivity index (χ2n) is 5.74. The Kier molecular flexibility index (Phi) is 5.17. The molecule has 1 aliphatic heterocycles. The number of likely N-dealkylation sites (N-methyl/N-ethyl adjacent to an activating group) is 1. The molecule has 0 aliphatic carbocycles. The fraction of sp³-hybridized carbons (Fsp3) is 0.235. The maximum atomic E-state index is 13.0. The van der Waals surface area contributed by atoms with E-state index in [9.17, 15) is 17.6 Å². The number of hydrogen-bond donors (Lipinski definition) is 1. The van der Waals surface area contributed by atoms with Crippen molar-refractivity contribution in [3.63, 3.8) is 0 Å². The van der Waals surface area contributed by atoms with Crippen LogP contribution in [-0.4, -0.2) is 34.5 Å². The van der Waals surface area contributed by atoms with Crippen LogP contribution in [0.25, 0.3) is 0 Å². The first-order chi connectivity index (χ1) is 12.3. The van der Waals surface area contributed by atoms with Crippen LogP contribution in [0.15, 0.2) is 41.3 Å². The summed E-state index contributed by atoms with van der Waals surface area (Å²) < 4.78 is 45.5. The van der Waals surface area contributed by atoms with Crippen LogP contribution in [0.3, 0.4) is 0 Å². The number of nitrogens with zero attached hydrogens (tertiary/aromatic N) is 1. The third kappa shape index (κ3) is 3.82. The van der Waals surface area contributed by atoms with E-state index in [1.165, 1.54) is 29.2 Å². The van der Waals surface area contributed by atoms with Gasteiger partial charge in [0.2, 0.25) is 15.9 Å². The summed E-state index contributed by atoms with van der Waals surface area (Å²) in [7, 11) is -2.09. The molecule has 0 saturated carbocycles. The third-order valence-electron chi connectivity index (χ3n) is 3.98. The molecule has 0 radical (unpaired) electrons. The van der Waals surface area contributed by atoms with Crippen molar-refractivity contribution in [3.8, 4) is 5.75 Å². The molecule has 0 aromatic heterocycles. The Morgan fingerprint density at radius 2 is 2.04 bits per heavy atom. The molecule has 138 valence electrons. The van der Waals surface area contributed by atoms with Gasteiger partial charge in [-0.25, -0.2) is 17.5 Å². The Labute approximate surface area is 155 Å². The number of nitrogens with one attached hydrogen (secondary N) is 1. The predicted molar refractivity (Wildman–Crippen MR) is 95.6 cm³/mol. The normalized spacial score (nSPS) is 13.8. The Morgan fingerprint density at radius 3 is 2.77 bits per heavy atom. The zero-order valence-electron chi connectivity index (χ0n) is 13.8. The van der Waals surface area contributed by atoms with E-state index >= 15 is 0 Å². The van der Waals surface area contributed by atoms with Gasteiger partial charge in [-0.1, -0.05) is 11.6 Å². The summed E-state index contributed by atoms with van der Waals surface area (Å²) in [5.41, 5.74) is 1.39. The van der Waals surface area contributed by atoms with Gasteiger partial charge in [-0.3, -0.25) is 4.79 Å². The van der Waals surface area contributed by atoms with Gasteiger partial charge in [0.15, 0.2) is 0 Å². The lowest BCUT2D eigenvalue weighted by atomic mass is 10.2. The number of fused-ring (bicyclic) bond motifs is 1. The number of ether oxygens (including phenoxy) is 1. The summed E-state index contributed by atoms with van der Waals surface area (Å²) in [6.45, 7) is 0.0305. The molecule has 0 spiro atoms. The number of halogens is 2. The minimum Gasteiger partial charge on any atom is -0.491 e. The summed E-state index contributed by atoms with van der Waals surface area (Å²) in [4.78, 5) is 13.3. The minimum atomic E-state index is -3.74.